The number of carbonyl (C=O) groups excluding carboxylic acids is 1. The van der Waals surface area contributed by atoms with Crippen molar-refractivity contribution in [1.82, 2.24) is 4.90 Å². The zero-order valence-corrected chi connectivity index (χ0v) is 13.0. The van der Waals surface area contributed by atoms with Crippen LogP contribution in [0.1, 0.15) is 30.9 Å². The molecular weight excluding hydrogens is 268 g/mol. The maximum atomic E-state index is 12.7. The molecule has 1 aliphatic heterocycles. The predicted octanol–water partition coefficient (Wildman–Crippen LogP) is 2.80. The Balaban J connectivity index is 2.29. The van der Waals surface area contributed by atoms with Crippen LogP contribution in [0.3, 0.4) is 0 Å². The van der Waals surface area contributed by atoms with Crippen molar-refractivity contribution in [3.05, 3.63) is 29.3 Å². The molecule has 1 aromatic rings. The van der Waals surface area contributed by atoms with Gasteiger partial charge in [-0.3, -0.25) is 4.90 Å². The molecule has 5 heteroatoms. The van der Waals surface area contributed by atoms with Gasteiger partial charge in [-0.05, 0) is 45.2 Å². The van der Waals surface area contributed by atoms with Crippen LogP contribution in [-0.4, -0.2) is 41.1 Å². The van der Waals surface area contributed by atoms with E-state index in [2.05, 4.69) is 0 Å². The van der Waals surface area contributed by atoms with E-state index in [0.29, 0.717) is 13.0 Å². The molecule has 0 saturated carbocycles. The summed E-state index contributed by atoms with van der Waals surface area (Å²) in [7, 11) is 1.70. The molecule has 1 heterocycles. The number of carboxylic acids is 1. The molecule has 0 bridgehead atoms. The molecule has 1 fully saturated rings. The van der Waals surface area contributed by atoms with E-state index in [1.165, 1.54) is 4.90 Å². The normalized spacial score (nSPS) is 21.4. The van der Waals surface area contributed by atoms with E-state index in [9.17, 15) is 14.7 Å². The summed E-state index contributed by atoms with van der Waals surface area (Å²) in [6.45, 7) is 6.06. The minimum atomic E-state index is -1.11. The van der Waals surface area contributed by atoms with E-state index < -0.39 is 11.5 Å². The van der Waals surface area contributed by atoms with Crippen LogP contribution in [-0.2, 0) is 4.79 Å². The monoisotopic (exact) mass is 290 g/mol. The topological polar surface area (TPSA) is 60.9 Å². The Bertz CT molecular complexity index is 585. The number of anilines is 1. The molecule has 1 N–H and O–H groups in total. The number of benzene rings is 1. The van der Waals surface area contributed by atoms with Gasteiger partial charge in [0.1, 0.15) is 5.54 Å². The Labute approximate surface area is 125 Å². The van der Waals surface area contributed by atoms with E-state index in [-0.39, 0.29) is 6.03 Å². The first kappa shape index (κ1) is 15.4. The number of aryl methyl sites for hydroxylation is 2. The van der Waals surface area contributed by atoms with Gasteiger partial charge in [0.2, 0.25) is 0 Å². The van der Waals surface area contributed by atoms with Gasteiger partial charge < -0.3 is 10.0 Å². The molecule has 1 aromatic carbocycles. The molecule has 5 nitrogen and oxygen atoms in total. The highest BCUT2D eigenvalue weighted by atomic mass is 16.4. The van der Waals surface area contributed by atoms with Crippen LogP contribution >= 0.6 is 0 Å². The number of nitrogens with zero attached hydrogens (tertiary/aromatic N) is 2. The van der Waals surface area contributed by atoms with Gasteiger partial charge in [0.05, 0.1) is 0 Å². The van der Waals surface area contributed by atoms with Crippen LogP contribution in [0.15, 0.2) is 18.2 Å². The number of rotatable bonds is 2. The molecule has 114 valence electrons. The Morgan fingerprint density at radius 2 is 2.00 bits per heavy atom. The average Bonchev–Trinajstić information content (AvgIpc) is 2.80. The minimum absolute atomic E-state index is 0.260. The lowest BCUT2D eigenvalue weighted by atomic mass is 9.99. The molecule has 0 aliphatic carbocycles. The SMILES string of the molecule is Cc1ccc(N(C)C(=O)N2CCCC2(C)C(=O)O)c(C)c1. The third-order valence-corrected chi connectivity index (χ3v) is 4.33. The molecule has 1 saturated heterocycles. The molecule has 0 radical (unpaired) electrons. The van der Waals surface area contributed by atoms with Gasteiger partial charge in [-0.25, -0.2) is 9.59 Å². The Hall–Kier alpha value is -2.04. The molecule has 0 aromatic heterocycles. The summed E-state index contributed by atoms with van der Waals surface area (Å²) < 4.78 is 0. The highest BCUT2D eigenvalue weighted by molar-refractivity contribution is 5.96. The van der Waals surface area contributed by atoms with Crippen molar-refractivity contribution in [2.75, 3.05) is 18.5 Å². The molecule has 2 amide bonds. The Kier molecular flexibility index (Phi) is 3.94. The largest absolute Gasteiger partial charge is 0.480 e. The van der Waals surface area contributed by atoms with E-state index >= 15 is 0 Å². The molecule has 0 spiro atoms. The number of hydrogen-bond donors (Lipinski definition) is 1. The van der Waals surface area contributed by atoms with Gasteiger partial charge in [-0.15, -0.1) is 0 Å². The summed E-state index contributed by atoms with van der Waals surface area (Å²) in [5.41, 5.74) is 1.84. The van der Waals surface area contributed by atoms with Crippen LogP contribution in [0.5, 0.6) is 0 Å². The van der Waals surface area contributed by atoms with E-state index in [1.54, 1.807) is 18.9 Å². The van der Waals surface area contributed by atoms with Crippen LogP contribution in [0.25, 0.3) is 0 Å². The zero-order chi connectivity index (χ0) is 15.8. The summed E-state index contributed by atoms with van der Waals surface area (Å²) >= 11 is 0. The van der Waals surface area contributed by atoms with E-state index in [1.807, 2.05) is 32.0 Å². The first-order valence-electron chi connectivity index (χ1n) is 7.13. The number of carboxylic acid groups (broad SMARTS) is 1. The van der Waals surface area contributed by atoms with Crippen LogP contribution in [0.2, 0.25) is 0 Å². The molecule has 2 rings (SSSR count). The van der Waals surface area contributed by atoms with Gasteiger partial charge >= 0.3 is 12.0 Å². The predicted molar refractivity (Wildman–Crippen MR) is 81.7 cm³/mol. The highest BCUT2D eigenvalue weighted by Crippen LogP contribution is 2.31. The second-order valence-electron chi connectivity index (χ2n) is 5.97. The first-order valence-corrected chi connectivity index (χ1v) is 7.13. The lowest BCUT2D eigenvalue weighted by molar-refractivity contribution is -0.147. The summed E-state index contributed by atoms with van der Waals surface area (Å²) in [5.74, 6) is -0.942. The van der Waals surface area contributed by atoms with Crippen molar-refractivity contribution in [3.8, 4) is 0 Å². The van der Waals surface area contributed by atoms with Gasteiger partial charge in [0.25, 0.3) is 0 Å². The highest BCUT2D eigenvalue weighted by Gasteiger charge is 2.47. The Morgan fingerprint density at radius 1 is 1.33 bits per heavy atom. The van der Waals surface area contributed by atoms with Crippen LogP contribution in [0.4, 0.5) is 10.5 Å². The van der Waals surface area contributed by atoms with Crippen molar-refractivity contribution >= 4 is 17.7 Å². The second-order valence-corrected chi connectivity index (χ2v) is 5.97. The van der Waals surface area contributed by atoms with Crippen molar-refractivity contribution in [2.24, 2.45) is 0 Å². The maximum Gasteiger partial charge on any atom is 0.329 e. The molecule has 1 unspecified atom stereocenters. The molecular formula is C16H22N2O3. The number of carbonyl (C=O) groups is 2. The fraction of sp³-hybridized carbons (Fsp3) is 0.500. The maximum absolute atomic E-state index is 12.7. The summed E-state index contributed by atoms with van der Waals surface area (Å²) in [6, 6.07) is 5.60. The van der Waals surface area contributed by atoms with Crippen LogP contribution in [0, 0.1) is 13.8 Å². The lowest BCUT2D eigenvalue weighted by Gasteiger charge is -2.34. The van der Waals surface area contributed by atoms with Gasteiger partial charge in [0, 0.05) is 19.3 Å². The minimum Gasteiger partial charge on any atom is -0.480 e. The van der Waals surface area contributed by atoms with Gasteiger partial charge in [-0.1, -0.05) is 17.7 Å². The third-order valence-electron chi connectivity index (χ3n) is 4.33. The summed E-state index contributed by atoms with van der Waals surface area (Å²) in [5, 5.41) is 9.42. The molecule has 1 atom stereocenters. The second kappa shape index (κ2) is 5.39. The number of aliphatic carboxylic acids is 1. The van der Waals surface area contributed by atoms with Gasteiger partial charge in [-0.2, -0.15) is 0 Å². The first-order chi connectivity index (χ1) is 9.77. The fourth-order valence-electron chi connectivity index (χ4n) is 2.96. The summed E-state index contributed by atoms with van der Waals surface area (Å²) in [4.78, 5) is 27.2. The number of urea groups is 1. The Morgan fingerprint density at radius 3 is 2.57 bits per heavy atom. The standard InChI is InChI=1S/C16H22N2O3/c1-11-6-7-13(12(2)10-11)17(4)15(21)18-9-5-8-16(18,3)14(19)20/h6-7,10H,5,8-9H2,1-4H3,(H,19,20). The van der Waals surface area contributed by atoms with Gasteiger partial charge in [0.15, 0.2) is 0 Å². The molecule has 21 heavy (non-hydrogen) atoms. The van der Waals surface area contributed by atoms with Crippen molar-refractivity contribution in [2.45, 2.75) is 39.2 Å². The smallest absolute Gasteiger partial charge is 0.329 e. The third kappa shape index (κ3) is 2.60. The quantitative estimate of drug-likeness (QED) is 0.911. The van der Waals surface area contributed by atoms with Crippen LogP contribution < -0.4 is 4.90 Å². The van der Waals surface area contributed by atoms with E-state index in [0.717, 1.165) is 23.2 Å². The average molecular weight is 290 g/mol. The molecule has 1 aliphatic rings. The van der Waals surface area contributed by atoms with Crippen molar-refractivity contribution in [3.63, 3.8) is 0 Å². The number of hydrogen-bond acceptors (Lipinski definition) is 2. The number of amides is 2. The number of likely N-dealkylation sites (tertiary alicyclic amines) is 1. The van der Waals surface area contributed by atoms with Crippen molar-refractivity contribution < 1.29 is 14.7 Å². The zero-order valence-electron chi connectivity index (χ0n) is 13.0. The van der Waals surface area contributed by atoms with E-state index in [4.69, 9.17) is 0 Å². The van der Waals surface area contributed by atoms with Crippen molar-refractivity contribution in [1.29, 1.82) is 0 Å². The summed E-state index contributed by atoms with van der Waals surface area (Å²) in [6.07, 6.45) is 1.21. The lowest BCUT2D eigenvalue weighted by Crippen LogP contribution is -2.54. The fourth-order valence-corrected chi connectivity index (χ4v) is 2.96.